The van der Waals surface area contributed by atoms with Crippen molar-refractivity contribution < 1.29 is 4.79 Å². The number of nitrogens with zero attached hydrogens (tertiary/aromatic N) is 2. The Morgan fingerprint density at radius 1 is 1.53 bits per heavy atom. The topological polar surface area (TPSA) is 99.0 Å². The molecular weight excluding hydrogens is 242 g/mol. The second-order valence-corrected chi connectivity index (χ2v) is 4.44. The molecule has 0 aliphatic carbocycles. The second-order valence-electron chi connectivity index (χ2n) is 4.44. The molecule has 1 heterocycles. The Morgan fingerprint density at radius 2 is 2.32 bits per heavy atom. The molecule has 1 amide bonds. The van der Waals surface area contributed by atoms with E-state index in [1.54, 1.807) is 24.4 Å². The Labute approximate surface area is 111 Å². The van der Waals surface area contributed by atoms with Gasteiger partial charge in [-0.25, -0.2) is 0 Å². The number of carbonyl (C=O) groups excluding carboxylic acids is 1. The number of amides is 1. The van der Waals surface area contributed by atoms with Crippen molar-refractivity contribution in [2.75, 3.05) is 11.1 Å². The molecule has 100 valence electrons. The van der Waals surface area contributed by atoms with E-state index < -0.39 is 5.91 Å². The van der Waals surface area contributed by atoms with Crippen LogP contribution in [0.5, 0.6) is 0 Å². The number of rotatable bonds is 5. The third-order valence-electron chi connectivity index (χ3n) is 2.76. The van der Waals surface area contributed by atoms with E-state index >= 15 is 0 Å². The lowest BCUT2D eigenvalue weighted by Crippen LogP contribution is -2.23. The van der Waals surface area contributed by atoms with E-state index in [9.17, 15) is 4.79 Å². The maximum absolute atomic E-state index is 11.1. The highest BCUT2D eigenvalue weighted by molar-refractivity contribution is 5.94. The molecule has 0 saturated carbocycles. The minimum absolute atomic E-state index is 0.116. The average Bonchev–Trinajstić information content (AvgIpc) is 2.84. The molecule has 0 radical (unpaired) electrons. The van der Waals surface area contributed by atoms with Gasteiger partial charge in [-0.3, -0.25) is 9.48 Å². The fourth-order valence-electron chi connectivity index (χ4n) is 1.83. The van der Waals surface area contributed by atoms with Crippen molar-refractivity contribution in [3.63, 3.8) is 0 Å². The predicted octanol–water partition coefficient (Wildman–Crippen LogP) is 1.06. The van der Waals surface area contributed by atoms with Crippen LogP contribution in [0.2, 0.25) is 0 Å². The van der Waals surface area contributed by atoms with E-state index in [1.807, 2.05) is 23.9 Å². The molecule has 6 heteroatoms. The highest BCUT2D eigenvalue weighted by Gasteiger charge is 2.08. The van der Waals surface area contributed by atoms with Gasteiger partial charge < -0.3 is 16.8 Å². The standard InChI is InChI=1S/C13H17N5O/c1-9(8-18-6-2-5-16-18)17-12-7-10(13(15)19)3-4-11(12)14/h2-7,9,17H,8,14H2,1H3,(H2,15,19). The van der Waals surface area contributed by atoms with Gasteiger partial charge in [-0.15, -0.1) is 0 Å². The van der Waals surface area contributed by atoms with Crippen molar-refractivity contribution in [2.45, 2.75) is 19.5 Å². The Kier molecular flexibility index (Phi) is 3.70. The lowest BCUT2D eigenvalue weighted by atomic mass is 10.1. The first-order chi connectivity index (χ1) is 9.06. The summed E-state index contributed by atoms with van der Waals surface area (Å²) in [6.45, 7) is 2.71. The molecule has 0 bridgehead atoms. The minimum Gasteiger partial charge on any atom is -0.397 e. The summed E-state index contributed by atoms with van der Waals surface area (Å²) in [6, 6.07) is 6.93. The first kappa shape index (κ1) is 12.9. The van der Waals surface area contributed by atoms with Gasteiger partial charge in [0.15, 0.2) is 0 Å². The SMILES string of the molecule is CC(Cn1cccn1)Nc1cc(C(N)=O)ccc1N. The van der Waals surface area contributed by atoms with E-state index in [0.29, 0.717) is 23.5 Å². The molecule has 0 spiro atoms. The van der Waals surface area contributed by atoms with Gasteiger partial charge in [0.05, 0.1) is 17.9 Å². The number of nitrogens with two attached hydrogens (primary N) is 2. The summed E-state index contributed by atoms with van der Waals surface area (Å²) in [5, 5.41) is 7.39. The third kappa shape index (κ3) is 3.25. The number of nitrogen functional groups attached to an aromatic ring is 1. The Morgan fingerprint density at radius 3 is 2.95 bits per heavy atom. The van der Waals surface area contributed by atoms with Gasteiger partial charge in [-0.05, 0) is 31.2 Å². The lowest BCUT2D eigenvalue weighted by molar-refractivity contribution is 0.100. The molecule has 6 nitrogen and oxygen atoms in total. The number of carbonyl (C=O) groups is 1. The summed E-state index contributed by atoms with van der Waals surface area (Å²) in [6.07, 6.45) is 3.62. The van der Waals surface area contributed by atoms with Crippen LogP contribution < -0.4 is 16.8 Å². The number of primary amides is 1. The second kappa shape index (κ2) is 5.43. The zero-order valence-electron chi connectivity index (χ0n) is 10.7. The summed E-state index contributed by atoms with van der Waals surface area (Å²) in [5.41, 5.74) is 12.8. The van der Waals surface area contributed by atoms with Crippen LogP contribution in [0.4, 0.5) is 11.4 Å². The van der Waals surface area contributed by atoms with E-state index in [2.05, 4.69) is 10.4 Å². The van der Waals surface area contributed by atoms with Crippen molar-refractivity contribution in [2.24, 2.45) is 5.73 Å². The lowest BCUT2D eigenvalue weighted by Gasteiger charge is -2.17. The van der Waals surface area contributed by atoms with Crippen molar-refractivity contribution in [1.29, 1.82) is 0 Å². The fourth-order valence-corrected chi connectivity index (χ4v) is 1.83. The van der Waals surface area contributed by atoms with Gasteiger partial charge in [-0.2, -0.15) is 5.10 Å². The Hall–Kier alpha value is -2.50. The van der Waals surface area contributed by atoms with Crippen LogP contribution in [0.1, 0.15) is 17.3 Å². The Bertz CT molecular complexity index is 564. The number of hydrogen-bond acceptors (Lipinski definition) is 4. The monoisotopic (exact) mass is 259 g/mol. The molecule has 2 aromatic rings. The van der Waals surface area contributed by atoms with Crippen LogP contribution in [-0.2, 0) is 6.54 Å². The number of nitrogens with one attached hydrogen (secondary N) is 1. The van der Waals surface area contributed by atoms with Crippen LogP contribution in [0.25, 0.3) is 0 Å². The molecule has 1 aromatic heterocycles. The molecule has 19 heavy (non-hydrogen) atoms. The normalized spacial score (nSPS) is 12.1. The largest absolute Gasteiger partial charge is 0.397 e. The van der Waals surface area contributed by atoms with Gasteiger partial charge >= 0.3 is 0 Å². The smallest absolute Gasteiger partial charge is 0.248 e. The van der Waals surface area contributed by atoms with Crippen LogP contribution in [0.3, 0.4) is 0 Å². The van der Waals surface area contributed by atoms with Crippen molar-refractivity contribution in [1.82, 2.24) is 9.78 Å². The molecule has 0 fully saturated rings. The molecular formula is C13H17N5O. The highest BCUT2D eigenvalue weighted by Crippen LogP contribution is 2.21. The van der Waals surface area contributed by atoms with Crippen LogP contribution >= 0.6 is 0 Å². The summed E-state index contributed by atoms with van der Waals surface area (Å²) in [7, 11) is 0. The van der Waals surface area contributed by atoms with Gasteiger partial charge in [0.1, 0.15) is 0 Å². The molecule has 1 aromatic carbocycles. The summed E-state index contributed by atoms with van der Waals surface area (Å²) in [5.74, 6) is -0.470. The zero-order valence-corrected chi connectivity index (χ0v) is 10.7. The van der Waals surface area contributed by atoms with E-state index in [-0.39, 0.29) is 6.04 Å². The van der Waals surface area contributed by atoms with Crippen molar-refractivity contribution in [3.05, 3.63) is 42.2 Å². The number of hydrogen-bond donors (Lipinski definition) is 3. The number of aromatic nitrogens is 2. The van der Waals surface area contributed by atoms with Crippen LogP contribution in [0.15, 0.2) is 36.7 Å². The van der Waals surface area contributed by atoms with E-state index in [4.69, 9.17) is 11.5 Å². The fraction of sp³-hybridized carbons (Fsp3) is 0.231. The first-order valence-corrected chi connectivity index (χ1v) is 5.99. The van der Waals surface area contributed by atoms with Crippen molar-refractivity contribution >= 4 is 17.3 Å². The molecule has 1 atom stereocenters. The van der Waals surface area contributed by atoms with Crippen LogP contribution in [0, 0.1) is 0 Å². The van der Waals surface area contributed by atoms with E-state index in [0.717, 1.165) is 0 Å². The van der Waals surface area contributed by atoms with Gasteiger partial charge in [0.2, 0.25) is 5.91 Å². The molecule has 2 rings (SSSR count). The predicted molar refractivity (Wildman–Crippen MR) is 74.7 cm³/mol. The third-order valence-corrected chi connectivity index (χ3v) is 2.76. The zero-order chi connectivity index (χ0) is 13.8. The average molecular weight is 259 g/mol. The maximum atomic E-state index is 11.1. The molecule has 5 N–H and O–H groups in total. The Balaban J connectivity index is 2.09. The summed E-state index contributed by atoms with van der Waals surface area (Å²) >= 11 is 0. The highest BCUT2D eigenvalue weighted by atomic mass is 16.1. The summed E-state index contributed by atoms with van der Waals surface area (Å²) in [4.78, 5) is 11.1. The minimum atomic E-state index is -0.470. The molecule has 0 aliphatic rings. The van der Waals surface area contributed by atoms with Gasteiger partial charge in [0.25, 0.3) is 0 Å². The van der Waals surface area contributed by atoms with Crippen molar-refractivity contribution in [3.8, 4) is 0 Å². The summed E-state index contributed by atoms with van der Waals surface area (Å²) < 4.78 is 1.83. The first-order valence-electron chi connectivity index (χ1n) is 5.99. The molecule has 1 unspecified atom stereocenters. The number of benzene rings is 1. The van der Waals surface area contributed by atoms with Gasteiger partial charge in [-0.1, -0.05) is 0 Å². The molecule has 0 aliphatic heterocycles. The molecule has 0 saturated heterocycles. The quantitative estimate of drug-likeness (QED) is 0.699. The van der Waals surface area contributed by atoms with Gasteiger partial charge in [0, 0.05) is 24.0 Å². The van der Waals surface area contributed by atoms with Crippen LogP contribution in [-0.4, -0.2) is 21.7 Å². The number of anilines is 2. The maximum Gasteiger partial charge on any atom is 0.248 e. The van der Waals surface area contributed by atoms with E-state index in [1.165, 1.54) is 0 Å².